The first-order valence-corrected chi connectivity index (χ1v) is 6.93. The van der Waals surface area contributed by atoms with Gasteiger partial charge in [0.2, 0.25) is 17.7 Å². The third kappa shape index (κ3) is 2.52. The molecule has 5 amide bonds. The Morgan fingerprint density at radius 1 is 1.20 bits per heavy atom. The number of primary amides is 1. The quantitative estimate of drug-likeness (QED) is 0.557. The van der Waals surface area contributed by atoms with E-state index in [9.17, 15) is 19.2 Å². The van der Waals surface area contributed by atoms with Gasteiger partial charge in [0.05, 0.1) is 0 Å². The summed E-state index contributed by atoms with van der Waals surface area (Å²) in [5.41, 5.74) is 3.99. The van der Waals surface area contributed by atoms with Crippen LogP contribution in [0.2, 0.25) is 0 Å². The smallest absolute Gasteiger partial charge is 0.330 e. The molecule has 0 bridgehead atoms. The first-order chi connectivity index (χ1) is 9.47. The lowest BCUT2D eigenvalue weighted by Gasteiger charge is -2.36. The largest absolute Gasteiger partial charge is 0.370 e. The predicted molar refractivity (Wildman–Crippen MR) is 69.2 cm³/mol. The van der Waals surface area contributed by atoms with Crippen molar-refractivity contribution in [1.29, 1.82) is 0 Å². The normalized spacial score (nSPS) is 21.4. The number of carbonyl (C=O) groups is 4. The summed E-state index contributed by atoms with van der Waals surface area (Å²) in [6.45, 7) is 0.215. The fourth-order valence-electron chi connectivity index (χ4n) is 2.92. The van der Waals surface area contributed by atoms with Crippen molar-refractivity contribution < 1.29 is 19.2 Å². The lowest BCUT2D eigenvalue weighted by molar-refractivity contribution is -0.151. The summed E-state index contributed by atoms with van der Waals surface area (Å²) in [6.07, 6.45) is 3.91. The Balaban J connectivity index is 2.01. The van der Waals surface area contributed by atoms with Crippen molar-refractivity contribution >= 4 is 23.8 Å². The Labute approximate surface area is 116 Å². The van der Waals surface area contributed by atoms with E-state index in [1.54, 1.807) is 0 Å². The number of hydrogen-bond donors (Lipinski definition) is 2. The Hall–Kier alpha value is -1.92. The first kappa shape index (κ1) is 14.5. The summed E-state index contributed by atoms with van der Waals surface area (Å²) in [5, 5.41) is 2.28. The summed E-state index contributed by atoms with van der Waals surface area (Å²) in [5.74, 6) is -1.25. The summed E-state index contributed by atoms with van der Waals surface area (Å²) in [6, 6.07) is -0.656. The third-order valence-corrected chi connectivity index (χ3v) is 4.07. The summed E-state index contributed by atoms with van der Waals surface area (Å²) < 4.78 is 0. The highest BCUT2D eigenvalue weighted by atomic mass is 16.2. The number of amides is 5. The molecule has 0 radical (unpaired) electrons. The van der Waals surface area contributed by atoms with Crippen LogP contribution in [0.5, 0.6) is 0 Å². The second kappa shape index (κ2) is 5.60. The van der Waals surface area contributed by atoms with Crippen LogP contribution in [0.15, 0.2) is 0 Å². The molecule has 1 aliphatic heterocycles. The molecule has 2 aliphatic rings. The molecule has 110 valence electrons. The van der Waals surface area contributed by atoms with E-state index in [1.165, 1.54) is 0 Å². The zero-order valence-electron chi connectivity index (χ0n) is 11.3. The molecule has 0 unspecified atom stereocenters. The van der Waals surface area contributed by atoms with E-state index in [-0.39, 0.29) is 18.9 Å². The molecule has 20 heavy (non-hydrogen) atoms. The van der Waals surface area contributed by atoms with E-state index in [0.717, 1.165) is 17.7 Å². The lowest BCUT2D eigenvalue weighted by atomic mass is 9.82. The number of hydrogen-bond acceptors (Lipinski definition) is 4. The Bertz CT molecular complexity index is 455. The van der Waals surface area contributed by atoms with Crippen LogP contribution in [0.1, 0.15) is 44.9 Å². The van der Waals surface area contributed by atoms with Gasteiger partial charge in [-0.2, -0.15) is 0 Å². The van der Waals surface area contributed by atoms with Gasteiger partial charge >= 0.3 is 6.03 Å². The second-order valence-electron chi connectivity index (χ2n) is 5.43. The molecule has 2 fully saturated rings. The maximum absolute atomic E-state index is 12.5. The molecular weight excluding hydrogens is 262 g/mol. The maximum Gasteiger partial charge on any atom is 0.330 e. The highest BCUT2D eigenvalue weighted by Gasteiger charge is 2.54. The zero-order valence-corrected chi connectivity index (χ0v) is 11.3. The van der Waals surface area contributed by atoms with Gasteiger partial charge in [-0.3, -0.25) is 24.6 Å². The van der Waals surface area contributed by atoms with Gasteiger partial charge in [0.15, 0.2) is 0 Å². The Kier molecular flexibility index (Phi) is 4.06. The second-order valence-corrected chi connectivity index (χ2v) is 5.43. The van der Waals surface area contributed by atoms with Gasteiger partial charge in [0.25, 0.3) is 0 Å². The van der Waals surface area contributed by atoms with Gasteiger partial charge < -0.3 is 5.73 Å². The van der Waals surface area contributed by atoms with Crippen LogP contribution in [-0.2, 0) is 14.4 Å². The van der Waals surface area contributed by atoms with Crippen LogP contribution < -0.4 is 11.1 Å². The summed E-state index contributed by atoms with van der Waals surface area (Å²) in [4.78, 5) is 47.9. The molecule has 3 N–H and O–H groups in total. The molecule has 7 heteroatoms. The number of barbiturate groups is 1. The van der Waals surface area contributed by atoms with E-state index in [0.29, 0.717) is 25.7 Å². The SMILES string of the molecule is NC(=O)CCCCN1C(=O)NC(=O)C2(CCCC2)C1=O. The third-order valence-electron chi connectivity index (χ3n) is 4.07. The standard InChI is InChI=1S/C13H19N3O4/c14-9(17)5-1-4-8-16-11(19)13(6-2-3-7-13)10(18)15-12(16)20/h1-8H2,(H2,14,17)(H,15,18,20). The molecule has 1 aliphatic carbocycles. The van der Waals surface area contributed by atoms with Crippen LogP contribution in [0.4, 0.5) is 4.79 Å². The van der Waals surface area contributed by atoms with Gasteiger partial charge in [-0.1, -0.05) is 12.8 Å². The Morgan fingerprint density at radius 2 is 1.85 bits per heavy atom. The number of urea groups is 1. The minimum Gasteiger partial charge on any atom is -0.370 e. The molecular formula is C13H19N3O4. The average Bonchev–Trinajstić information content (AvgIpc) is 2.86. The number of unbranched alkanes of at least 4 members (excludes halogenated alkanes) is 1. The van der Waals surface area contributed by atoms with E-state index in [2.05, 4.69) is 5.32 Å². The zero-order chi connectivity index (χ0) is 14.8. The van der Waals surface area contributed by atoms with Crippen molar-refractivity contribution in [2.75, 3.05) is 6.54 Å². The van der Waals surface area contributed by atoms with Gasteiger partial charge in [0.1, 0.15) is 5.41 Å². The fourth-order valence-corrected chi connectivity index (χ4v) is 2.92. The molecule has 0 aromatic heterocycles. The van der Waals surface area contributed by atoms with Crippen LogP contribution in [0, 0.1) is 5.41 Å². The van der Waals surface area contributed by atoms with Gasteiger partial charge in [-0.15, -0.1) is 0 Å². The molecule has 0 aromatic carbocycles. The van der Waals surface area contributed by atoms with Gasteiger partial charge in [0, 0.05) is 13.0 Å². The molecule has 0 atom stereocenters. The molecule has 7 nitrogen and oxygen atoms in total. The number of nitrogens with zero attached hydrogens (tertiary/aromatic N) is 1. The van der Waals surface area contributed by atoms with Crippen molar-refractivity contribution in [3.63, 3.8) is 0 Å². The topological polar surface area (TPSA) is 110 Å². The van der Waals surface area contributed by atoms with Crippen LogP contribution >= 0.6 is 0 Å². The van der Waals surface area contributed by atoms with Crippen LogP contribution in [-0.4, -0.2) is 35.2 Å². The van der Waals surface area contributed by atoms with E-state index < -0.39 is 23.3 Å². The monoisotopic (exact) mass is 281 g/mol. The minimum atomic E-state index is -1.04. The molecule has 0 aromatic rings. The molecule has 1 spiro atoms. The number of nitrogens with one attached hydrogen (secondary N) is 1. The van der Waals surface area contributed by atoms with Crippen molar-refractivity contribution in [2.24, 2.45) is 11.1 Å². The molecule has 1 saturated heterocycles. The number of rotatable bonds is 5. The molecule has 2 rings (SSSR count). The van der Waals surface area contributed by atoms with Crippen molar-refractivity contribution in [1.82, 2.24) is 10.2 Å². The first-order valence-electron chi connectivity index (χ1n) is 6.93. The Morgan fingerprint density at radius 3 is 2.45 bits per heavy atom. The fraction of sp³-hybridized carbons (Fsp3) is 0.692. The number of nitrogens with two attached hydrogens (primary N) is 1. The van der Waals surface area contributed by atoms with Gasteiger partial charge in [-0.05, 0) is 25.7 Å². The summed E-state index contributed by atoms with van der Waals surface area (Å²) >= 11 is 0. The predicted octanol–water partition coefficient (Wildman–Crippen LogP) is 0.281. The summed E-state index contributed by atoms with van der Waals surface area (Å²) in [7, 11) is 0. The van der Waals surface area contributed by atoms with E-state index >= 15 is 0 Å². The number of imide groups is 2. The highest BCUT2D eigenvalue weighted by Crippen LogP contribution is 2.41. The molecule has 1 saturated carbocycles. The molecule has 1 heterocycles. The highest BCUT2D eigenvalue weighted by molar-refractivity contribution is 6.19. The lowest BCUT2D eigenvalue weighted by Crippen LogP contribution is -2.63. The average molecular weight is 281 g/mol. The van der Waals surface area contributed by atoms with E-state index in [1.807, 2.05) is 0 Å². The van der Waals surface area contributed by atoms with Crippen molar-refractivity contribution in [2.45, 2.75) is 44.9 Å². The van der Waals surface area contributed by atoms with Gasteiger partial charge in [-0.25, -0.2) is 4.79 Å². The van der Waals surface area contributed by atoms with Crippen molar-refractivity contribution in [3.8, 4) is 0 Å². The number of carbonyl (C=O) groups excluding carboxylic acids is 4. The maximum atomic E-state index is 12.5. The minimum absolute atomic E-state index is 0.215. The van der Waals surface area contributed by atoms with E-state index in [4.69, 9.17) is 5.73 Å². The van der Waals surface area contributed by atoms with Crippen LogP contribution in [0.3, 0.4) is 0 Å². The van der Waals surface area contributed by atoms with Crippen molar-refractivity contribution in [3.05, 3.63) is 0 Å². The van der Waals surface area contributed by atoms with Crippen LogP contribution in [0.25, 0.3) is 0 Å².